The van der Waals surface area contributed by atoms with E-state index in [1.54, 1.807) is 10.6 Å². The fraction of sp³-hybridized carbons (Fsp3) is 0.409. The van der Waals surface area contributed by atoms with Crippen LogP contribution in [0.5, 0.6) is 0 Å². The number of para-hydroxylation sites is 2. The summed E-state index contributed by atoms with van der Waals surface area (Å²) in [4.78, 5) is 35.6. The van der Waals surface area contributed by atoms with Crippen LogP contribution in [0.25, 0.3) is 11.0 Å². The van der Waals surface area contributed by atoms with E-state index in [2.05, 4.69) is 9.97 Å². The van der Waals surface area contributed by atoms with Crippen molar-refractivity contribution in [3.05, 3.63) is 63.8 Å². The topological polar surface area (TPSA) is 71.0 Å². The molecule has 1 aromatic carbocycles. The van der Waals surface area contributed by atoms with E-state index < -0.39 is 0 Å². The molecule has 1 atom stereocenters. The molecule has 0 saturated carbocycles. The Hall–Kier alpha value is -2.89. The molecule has 0 bridgehead atoms. The number of carbonyl (C=O) groups excluding carboxylic acids is 1. The molecule has 0 unspecified atom stereocenters. The number of piperidine rings is 1. The molecule has 1 saturated heterocycles. The number of amides is 1. The highest BCUT2D eigenvalue weighted by molar-refractivity contribution is 5.94. The smallest absolute Gasteiger partial charge is 0.263 e. The third-order valence-corrected chi connectivity index (χ3v) is 5.67. The molecule has 3 aromatic rings. The van der Waals surface area contributed by atoms with Crippen molar-refractivity contribution < 1.29 is 4.79 Å². The second kappa shape index (κ2) is 7.62. The van der Waals surface area contributed by atoms with Gasteiger partial charge in [-0.15, -0.1) is 0 Å². The number of fused-ring (bicyclic) bond motifs is 1. The van der Waals surface area contributed by atoms with Gasteiger partial charge in [0.05, 0.1) is 11.0 Å². The van der Waals surface area contributed by atoms with Crippen molar-refractivity contribution in [3.8, 4) is 0 Å². The Kier molecular flexibility index (Phi) is 5.03. The van der Waals surface area contributed by atoms with Crippen LogP contribution in [-0.2, 0) is 13.0 Å². The third-order valence-electron chi connectivity index (χ3n) is 5.67. The number of hydrogen-bond donors (Lipinski definition) is 1. The molecule has 2 aromatic heterocycles. The zero-order valence-electron chi connectivity index (χ0n) is 16.4. The number of aromatic amines is 1. The first-order valence-corrected chi connectivity index (χ1v) is 10.00. The van der Waals surface area contributed by atoms with Crippen LogP contribution in [0.4, 0.5) is 0 Å². The monoisotopic (exact) mass is 378 g/mol. The van der Waals surface area contributed by atoms with Gasteiger partial charge in [-0.25, -0.2) is 4.98 Å². The van der Waals surface area contributed by atoms with Gasteiger partial charge in [-0.1, -0.05) is 12.1 Å². The number of nitrogens with zero attached hydrogens (tertiary/aromatic N) is 3. The molecule has 1 amide bonds. The number of carbonyl (C=O) groups is 1. The maximum Gasteiger partial charge on any atom is 0.263 e. The van der Waals surface area contributed by atoms with Crippen LogP contribution in [0.1, 0.15) is 41.6 Å². The Morgan fingerprint density at radius 1 is 1.25 bits per heavy atom. The number of H-pyrrole nitrogens is 1. The van der Waals surface area contributed by atoms with Crippen LogP contribution in [0.15, 0.2) is 41.2 Å². The molecule has 3 heterocycles. The molecule has 4 rings (SSSR count). The van der Waals surface area contributed by atoms with Crippen LogP contribution in [-0.4, -0.2) is 38.4 Å². The lowest BCUT2D eigenvalue weighted by molar-refractivity contribution is 0.0669. The molecule has 146 valence electrons. The average Bonchev–Trinajstić information content (AvgIpc) is 3.10. The standard InChI is InChI=1S/C22H26N4O2/c1-3-26-15(2)10-11-17(22(26)28)21(27)25-12-6-7-16(14-25)13-20-23-18-8-4-5-9-19(18)24-20/h4-5,8-11,16H,3,6-7,12-14H2,1-2H3,(H,23,24)/t16-/m0/s1. The predicted molar refractivity (Wildman–Crippen MR) is 110 cm³/mol. The first-order chi connectivity index (χ1) is 13.6. The summed E-state index contributed by atoms with van der Waals surface area (Å²) in [5.41, 5.74) is 2.98. The van der Waals surface area contributed by atoms with Crippen molar-refractivity contribution in [3.63, 3.8) is 0 Å². The van der Waals surface area contributed by atoms with Crippen LogP contribution in [0.2, 0.25) is 0 Å². The van der Waals surface area contributed by atoms with Crippen molar-refractivity contribution >= 4 is 16.9 Å². The highest BCUT2D eigenvalue weighted by atomic mass is 16.2. The summed E-state index contributed by atoms with van der Waals surface area (Å²) in [6.07, 6.45) is 2.82. The fourth-order valence-corrected chi connectivity index (χ4v) is 4.19. The van der Waals surface area contributed by atoms with E-state index in [9.17, 15) is 9.59 Å². The maximum absolute atomic E-state index is 13.0. The number of aromatic nitrogens is 3. The molecular weight excluding hydrogens is 352 g/mol. The van der Waals surface area contributed by atoms with E-state index in [1.165, 1.54) is 0 Å². The normalized spacial score (nSPS) is 17.2. The summed E-state index contributed by atoms with van der Waals surface area (Å²) in [6.45, 7) is 5.75. The second-order valence-corrected chi connectivity index (χ2v) is 7.60. The molecule has 1 aliphatic heterocycles. The number of likely N-dealkylation sites (tertiary alicyclic amines) is 1. The van der Waals surface area contributed by atoms with Gasteiger partial charge in [0.2, 0.25) is 0 Å². The van der Waals surface area contributed by atoms with Crippen LogP contribution in [0.3, 0.4) is 0 Å². The quantitative estimate of drug-likeness (QED) is 0.758. The van der Waals surface area contributed by atoms with Crippen LogP contribution >= 0.6 is 0 Å². The largest absolute Gasteiger partial charge is 0.342 e. The van der Waals surface area contributed by atoms with E-state index >= 15 is 0 Å². The molecular formula is C22H26N4O2. The highest BCUT2D eigenvalue weighted by Crippen LogP contribution is 2.22. The Balaban J connectivity index is 1.50. The van der Waals surface area contributed by atoms with Gasteiger partial charge in [0.25, 0.3) is 11.5 Å². The van der Waals surface area contributed by atoms with Crippen LogP contribution < -0.4 is 5.56 Å². The number of aryl methyl sites for hydroxylation is 1. The molecule has 1 aliphatic rings. The van der Waals surface area contributed by atoms with Gasteiger partial charge in [0.15, 0.2) is 0 Å². The molecule has 0 radical (unpaired) electrons. The average molecular weight is 378 g/mol. The van der Waals surface area contributed by atoms with Crippen molar-refractivity contribution in [2.45, 2.75) is 39.7 Å². The zero-order valence-corrected chi connectivity index (χ0v) is 16.4. The van der Waals surface area contributed by atoms with E-state index in [1.807, 2.05) is 49.1 Å². The van der Waals surface area contributed by atoms with Gasteiger partial charge >= 0.3 is 0 Å². The minimum atomic E-state index is -0.188. The Morgan fingerprint density at radius 2 is 2.07 bits per heavy atom. The lowest BCUT2D eigenvalue weighted by Crippen LogP contribution is -2.43. The van der Waals surface area contributed by atoms with E-state index in [0.29, 0.717) is 25.6 Å². The minimum absolute atomic E-state index is 0.151. The summed E-state index contributed by atoms with van der Waals surface area (Å²) in [7, 11) is 0. The summed E-state index contributed by atoms with van der Waals surface area (Å²) >= 11 is 0. The number of rotatable bonds is 4. The molecule has 28 heavy (non-hydrogen) atoms. The SMILES string of the molecule is CCn1c(C)ccc(C(=O)N2CCC[C@@H](Cc3nc4ccccc4[nH]3)C2)c1=O. The van der Waals surface area contributed by atoms with E-state index in [4.69, 9.17) is 0 Å². The van der Waals surface area contributed by atoms with Gasteiger partial charge < -0.3 is 14.5 Å². The van der Waals surface area contributed by atoms with Gasteiger partial charge in [-0.2, -0.15) is 0 Å². The predicted octanol–water partition coefficient (Wildman–Crippen LogP) is 3.15. The lowest BCUT2D eigenvalue weighted by Gasteiger charge is -2.32. The summed E-state index contributed by atoms with van der Waals surface area (Å²) < 4.78 is 1.66. The molecule has 0 aliphatic carbocycles. The summed E-state index contributed by atoms with van der Waals surface area (Å²) in [5.74, 6) is 1.16. The Labute approximate surface area is 164 Å². The minimum Gasteiger partial charge on any atom is -0.342 e. The lowest BCUT2D eigenvalue weighted by atomic mass is 9.94. The summed E-state index contributed by atoms with van der Waals surface area (Å²) in [5, 5.41) is 0. The van der Waals surface area contributed by atoms with Crippen LogP contribution in [0, 0.1) is 12.8 Å². The highest BCUT2D eigenvalue weighted by Gasteiger charge is 2.27. The number of imidazole rings is 1. The van der Waals surface area contributed by atoms with Crippen molar-refractivity contribution in [1.29, 1.82) is 0 Å². The molecule has 6 nitrogen and oxygen atoms in total. The Bertz CT molecular complexity index is 1030. The molecule has 6 heteroatoms. The fourth-order valence-electron chi connectivity index (χ4n) is 4.19. The van der Waals surface area contributed by atoms with Crippen molar-refractivity contribution in [1.82, 2.24) is 19.4 Å². The number of hydrogen-bond acceptors (Lipinski definition) is 3. The first-order valence-electron chi connectivity index (χ1n) is 10.00. The van der Waals surface area contributed by atoms with Crippen molar-refractivity contribution in [2.75, 3.05) is 13.1 Å². The van der Waals surface area contributed by atoms with Gasteiger partial charge in [-0.05, 0) is 56.9 Å². The van der Waals surface area contributed by atoms with Gasteiger partial charge in [0, 0.05) is 31.7 Å². The number of benzene rings is 1. The van der Waals surface area contributed by atoms with E-state index in [-0.39, 0.29) is 17.0 Å². The maximum atomic E-state index is 13.0. The second-order valence-electron chi connectivity index (χ2n) is 7.60. The number of nitrogens with one attached hydrogen (secondary N) is 1. The molecule has 0 spiro atoms. The molecule has 1 N–H and O–H groups in total. The molecule has 1 fully saturated rings. The Morgan fingerprint density at radius 3 is 2.86 bits per heavy atom. The van der Waals surface area contributed by atoms with Gasteiger partial charge in [-0.3, -0.25) is 9.59 Å². The first kappa shape index (κ1) is 18.5. The van der Waals surface area contributed by atoms with Crippen molar-refractivity contribution in [2.24, 2.45) is 5.92 Å². The van der Waals surface area contributed by atoms with Gasteiger partial charge in [0.1, 0.15) is 11.4 Å². The third kappa shape index (κ3) is 3.46. The zero-order chi connectivity index (χ0) is 19.7. The van der Waals surface area contributed by atoms with E-state index in [0.717, 1.165) is 41.8 Å². The summed E-state index contributed by atoms with van der Waals surface area (Å²) in [6, 6.07) is 11.5. The number of pyridine rings is 1.